The van der Waals surface area contributed by atoms with Gasteiger partial charge in [-0.05, 0) is 37.5 Å². The van der Waals surface area contributed by atoms with Crippen molar-refractivity contribution in [2.24, 2.45) is 17.3 Å². The largest absolute Gasteiger partial charge is 0.344 e. The highest BCUT2D eigenvalue weighted by atomic mass is 16.8. The summed E-state index contributed by atoms with van der Waals surface area (Å²) in [6, 6.07) is 0. The molecule has 2 saturated carbocycles. The maximum Gasteiger partial charge on any atom is 0.163 e. The van der Waals surface area contributed by atoms with Crippen LogP contribution in [0.4, 0.5) is 0 Å². The fourth-order valence-corrected chi connectivity index (χ4v) is 3.74. The lowest BCUT2D eigenvalue weighted by Gasteiger charge is -2.21. The van der Waals surface area contributed by atoms with Crippen LogP contribution in [0.15, 0.2) is 0 Å². The van der Waals surface area contributed by atoms with E-state index in [1.54, 1.807) is 0 Å². The topological polar surface area (TPSA) is 18.5 Å². The van der Waals surface area contributed by atoms with Crippen molar-refractivity contribution < 1.29 is 9.47 Å². The summed E-state index contributed by atoms with van der Waals surface area (Å²) in [7, 11) is 0. The van der Waals surface area contributed by atoms with Gasteiger partial charge >= 0.3 is 0 Å². The Morgan fingerprint density at radius 1 is 1.21 bits per heavy atom. The van der Waals surface area contributed by atoms with E-state index < -0.39 is 0 Å². The third-order valence-corrected chi connectivity index (χ3v) is 4.54. The van der Waals surface area contributed by atoms with Crippen LogP contribution in [0.25, 0.3) is 0 Å². The molecule has 0 aromatic heterocycles. The van der Waals surface area contributed by atoms with E-state index in [1.807, 2.05) is 13.8 Å². The molecule has 0 amide bonds. The molecule has 1 saturated heterocycles. The van der Waals surface area contributed by atoms with Gasteiger partial charge in [-0.1, -0.05) is 20.3 Å². The van der Waals surface area contributed by atoms with E-state index in [0.717, 1.165) is 11.8 Å². The summed E-state index contributed by atoms with van der Waals surface area (Å²) in [4.78, 5) is 0. The Labute approximate surface area is 86.0 Å². The highest BCUT2D eigenvalue weighted by Crippen LogP contribution is 2.70. The number of rotatable bonds is 1. The predicted molar refractivity (Wildman–Crippen MR) is 53.8 cm³/mol. The average molecular weight is 196 g/mol. The summed E-state index contributed by atoms with van der Waals surface area (Å²) >= 11 is 0. The van der Waals surface area contributed by atoms with Crippen LogP contribution >= 0.6 is 0 Å². The van der Waals surface area contributed by atoms with E-state index in [2.05, 4.69) is 13.8 Å². The lowest BCUT2D eigenvalue weighted by atomic mass is 9.96. The Kier molecular flexibility index (Phi) is 1.54. The van der Waals surface area contributed by atoms with Gasteiger partial charge in [-0.15, -0.1) is 0 Å². The Hall–Kier alpha value is -0.0800. The van der Waals surface area contributed by atoms with Crippen LogP contribution in [0.1, 0.15) is 40.5 Å². The van der Waals surface area contributed by atoms with Gasteiger partial charge in [0, 0.05) is 0 Å². The molecule has 80 valence electrons. The van der Waals surface area contributed by atoms with Gasteiger partial charge in [-0.2, -0.15) is 0 Å². The van der Waals surface area contributed by atoms with Crippen molar-refractivity contribution >= 4 is 0 Å². The van der Waals surface area contributed by atoms with Crippen LogP contribution in [0.2, 0.25) is 0 Å². The van der Waals surface area contributed by atoms with Crippen molar-refractivity contribution in [3.8, 4) is 0 Å². The molecule has 2 aliphatic carbocycles. The number of hydrogen-bond donors (Lipinski definition) is 0. The maximum atomic E-state index is 6.04. The second kappa shape index (κ2) is 2.35. The third kappa shape index (κ3) is 0.938. The number of fused-ring (bicyclic) bond motifs is 3. The zero-order valence-electron chi connectivity index (χ0n) is 9.54. The normalized spacial score (nSPS) is 58.3. The Bertz CT molecular complexity index is 273. The van der Waals surface area contributed by atoms with Gasteiger partial charge in [-0.25, -0.2) is 0 Å². The van der Waals surface area contributed by atoms with E-state index in [1.165, 1.54) is 12.8 Å². The van der Waals surface area contributed by atoms with Gasteiger partial charge in [0.15, 0.2) is 5.79 Å². The van der Waals surface area contributed by atoms with Crippen molar-refractivity contribution in [3.63, 3.8) is 0 Å². The van der Waals surface area contributed by atoms with Gasteiger partial charge in [0.05, 0.1) is 12.2 Å². The molecule has 1 unspecified atom stereocenters. The predicted octanol–water partition coefficient (Wildman–Crippen LogP) is 2.57. The lowest BCUT2D eigenvalue weighted by Crippen LogP contribution is -2.29. The highest BCUT2D eigenvalue weighted by molar-refractivity contribution is 5.19. The second-order valence-corrected chi connectivity index (χ2v) is 5.91. The molecule has 3 aliphatic rings. The molecule has 0 N–H and O–H groups in total. The molecule has 0 spiro atoms. The molecule has 1 heterocycles. The number of hydrogen-bond acceptors (Lipinski definition) is 2. The first kappa shape index (κ1) is 9.17. The molecule has 1 aliphatic heterocycles. The maximum absolute atomic E-state index is 6.04. The SMILES string of the molecule is CC[C@@H]1[C@H]2OC(C)(C)OC2[C@@]2(C)C[C@@H]12. The summed E-state index contributed by atoms with van der Waals surface area (Å²) in [5.41, 5.74) is 0.444. The van der Waals surface area contributed by atoms with Crippen molar-refractivity contribution in [1.29, 1.82) is 0 Å². The standard InChI is InChI=1S/C12H20O2/c1-5-7-8-6-12(8,4)10-9(7)13-11(2,3)14-10/h7-10H,5-6H2,1-4H3/t7-,8-,9+,10?,12-/m0/s1. The van der Waals surface area contributed by atoms with E-state index >= 15 is 0 Å². The second-order valence-electron chi connectivity index (χ2n) is 5.91. The zero-order valence-corrected chi connectivity index (χ0v) is 9.54. The summed E-state index contributed by atoms with van der Waals surface area (Å²) in [5.74, 6) is 1.27. The fourth-order valence-electron chi connectivity index (χ4n) is 3.74. The first-order valence-corrected chi connectivity index (χ1v) is 5.83. The molecule has 2 heteroatoms. The molecule has 3 rings (SSSR count). The Morgan fingerprint density at radius 2 is 1.93 bits per heavy atom. The molecular weight excluding hydrogens is 176 g/mol. The summed E-state index contributed by atoms with van der Waals surface area (Å²) < 4.78 is 12.1. The first-order chi connectivity index (χ1) is 6.48. The Balaban J connectivity index is 1.90. The summed E-state index contributed by atoms with van der Waals surface area (Å²) in [6.07, 6.45) is 3.33. The number of ether oxygens (including phenoxy) is 2. The fraction of sp³-hybridized carbons (Fsp3) is 1.00. The van der Waals surface area contributed by atoms with Gasteiger partial charge < -0.3 is 9.47 Å². The van der Waals surface area contributed by atoms with E-state index in [-0.39, 0.29) is 5.79 Å². The van der Waals surface area contributed by atoms with Crippen LogP contribution in [0.3, 0.4) is 0 Å². The van der Waals surface area contributed by atoms with Crippen LogP contribution in [0, 0.1) is 17.3 Å². The van der Waals surface area contributed by atoms with Gasteiger partial charge in [0.25, 0.3) is 0 Å². The smallest absolute Gasteiger partial charge is 0.163 e. The molecule has 0 aromatic rings. The van der Waals surface area contributed by atoms with E-state index in [0.29, 0.717) is 17.6 Å². The average Bonchev–Trinajstić information content (AvgIpc) is 2.55. The molecular formula is C12H20O2. The van der Waals surface area contributed by atoms with Crippen molar-refractivity contribution in [3.05, 3.63) is 0 Å². The molecule has 0 radical (unpaired) electrons. The minimum absolute atomic E-state index is 0.348. The zero-order chi connectivity index (χ0) is 10.1. The molecule has 3 fully saturated rings. The van der Waals surface area contributed by atoms with Crippen molar-refractivity contribution in [2.45, 2.75) is 58.5 Å². The molecule has 14 heavy (non-hydrogen) atoms. The quantitative estimate of drug-likeness (QED) is 0.641. The minimum Gasteiger partial charge on any atom is -0.344 e. The van der Waals surface area contributed by atoms with E-state index in [4.69, 9.17) is 9.47 Å². The van der Waals surface area contributed by atoms with Gasteiger partial charge in [0.2, 0.25) is 0 Å². The third-order valence-electron chi connectivity index (χ3n) is 4.54. The van der Waals surface area contributed by atoms with Crippen LogP contribution in [-0.2, 0) is 9.47 Å². The highest BCUT2D eigenvalue weighted by Gasteiger charge is 2.72. The first-order valence-electron chi connectivity index (χ1n) is 5.83. The van der Waals surface area contributed by atoms with Gasteiger partial charge in [-0.3, -0.25) is 0 Å². The summed E-state index contributed by atoms with van der Waals surface area (Å²) in [6.45, 7) is 8.73. The van der Waals surface area contributed by atoms with Crippen LogP contribution in [0.5, 0.6) is 0 Å². The molecule has 5 atom stereocenters. The minimum atomic E-state index is -0.348. The van der Waals surface area contributed by atoms with Crippen LogP contribution < -0.4 is 0 Å². The van der Waals surface area contributed by atoms with Crippen LogP contribution in [-0.4, -0.2) is 18.0 Å². The van der Waals surface area contributed by atoms with Crippen molar-refractivity contribution in [2.75, 3.05) is 0 Å². The molecule has 0 aromatic carbocycles. The Morgan fingerprint density at radius 3 is 2.57 bits per heavy atom. The van der Waals surface area contributed by atoms with Crippen molar-refractivity contribution in [1.82, 2.24) is 0 Å². The molecule has 2 nitrogen and oxygen atoms in total. The lowest BCUT2D eigenvalue weighted by molar-refractivity contribution is -0.161. The van der Waals surface area contributed by atoms with E-state index in [9.17, 15) is 0 Å². The molecule has 0 bridgehead atoms. The van der Waals surface area contributed by atoms with Gasteiger partial charge in [0.1, 0.15) is 0 Å². The monoisotopic (exact) mass is 196 g/mol. The summed E-state index contributed by atoms with van der Waals surface area (Å²) in [5, 5.41) is 0.